The van der Waals surface area contributed by atoms with Crippen molar-refractivity contribution in [3.05, 3.63) is 59.7 Å². The van der Waals surface area contributed by atoms with Crippen LogP contribution in [0.2, 0.25) is 0 Å². The van der Waals surface area contributed by atoms with E-state index in [1.165, 1.54) is 32.1 Å². The van der Waals surface area contributed by atoms with E-state index >= 15 is 0 Å². The normalized spacial score (nSPS) is 18.1. The lowest BCUT2D eigenvalue weighted by Crippen LogP contribution is -2.47. The number of para-hydroxylation sites is 1. The summed E-state index contributed by atoms with van der Waals surface area (Å²) in [6.45, 7) is 4.30. The Bertz CT molecular complexity index is 1250. The zero-order valence-electron chi connectivity index (χ0n) is 20.9. The molecule has 3 aromatic rings. The van der Waals surface area contributed by atoms with Gasteiger partial charge in [0.2, 0.25) is 5.91 Å². The monoisotopic (exact) mass is 502 g/mol. The van der Waals surface area contributed by atoms with E-state index in [0.29, 0.717) is 31.1 Å². The number of nitrogens with one attached hydrogen (secondary N) is 2. The summed E-state index contributed by atoms with van der Waals surface area (Å²) < 4.78 is 0. The van der Waals surface area contributed by atoms with Crippen LogP contribution in [0.3, 0.4) is 0 Å². The Kier molecular flexibility index (Phi) is 7.64. The lowest BCUT2D eigenvalue weighted by Gasteiger charge is -2.30. The smallest absolute Gasteiger partial charge is 0.252 e. The second-order valence-corrected chi connectivity index (χ2v) is 10.8. The molecule has 7 heteroatoms. The van der Waals surface area contributed by atoms with Gasteiger partial charge in [0.15, 0.2) is 0 Å². The van der Waals surface area contributed by atoms with Crippen LogP contribution in [0.5, 0.6) is 0 Å². The first-order valence-corrected chi connectivity index (χ1v) is 13.6. The minimum atomic E-state index is -0.0490. The van der Waals surface area contributed by atoms with Gasteiger partial charge in [0.1, 0.15) is 0 Å². The zero-order valence-corrected chi connectivity index (χ0v) is 22.1. The van der Waals surface area contributed by atoms with Crippen LogP contribution in [0.25, 0.3) is 22.2 Å². The Hall–Kier alpha value is -2.82. The van der Waals surface area contributed by atoms with Gasteiger partial charge in [-0.2, -0.15) is 0 Å². The van der Waals surface area contributed by atoms with E-state index in [9.17, 15) is 9.59 Å². The molecular formula is C29H35N4O2P. The number of benzene rings is 2. The van der Waals surface area contributed by atoms with Crippen LogP contribution >= 0.6 is 9.24 Å². The lowest BCUT2D eigenvalue weighted by atomic mass is 9.84. The number of piperazine rings is 1. The van der Waals surface area contributed by atoms with Crippen LogP contribution in [0.4, 0.5) is 0 Å². The van der Waals surface area contributed by atoms with E-state index in [-0.39, 0.29) is 17.9 Å². The molecule has 2 heterocycles. The summed E-state index contributed by atoms with van der Waals surface area (Å²) in [5.74, 6) is 0.479. The number of hydrogen-bond acceptors (Lipinski definition) is 4. The van der Waals surface area contributed by atoms with Gasteiger partial charge in [0.25, 0.3) is 5.91 Å². The van der Waals surface area contributed by atoms with Crippen molar-refractivity contribution in [2.45, 2.75) is 51.6 Å². The van der Waals surface area contributed by atoms with Gasteiger partial charge in [-0.1, -0.05) is 61.7 Å². The Morgan fingerprint density at radius 3 is 2.64 bits per heavy atom. The van der Waals surface area contributed by atoms with E-state index in [4.69, 9.17) is 4.98 Å². The molecule has 1 aliphatic carbocycles. The quantitative estimate of drug-likeness (QED) is 0.499. The molecule has 2 atom stereocenters. The summed E-state index contributed by atoms with van der Waals surface area (Å²) in [5.41, 5.74) is 4.14. The van der Waals surface area contributed by atoms with Crippen LogP contribution in [-0.4, -0.2) is 47.4 Å². The molecule has 1 saturated carbocycles. The number of carbonyl (C=O) groups excluding carboxylic acids is 2. The number of aromatic nitrogens is 1. The molecule has 0 spiro atoms. The third kappa shape index (κ3) is 5.45. The zero-order chi connectivity index (χ0) is 25.1. The van der Waals surface area contributed by atoms with Gasteiger partial charge in [0, 0.05) is 42.2 Å². The molecule has 2 aliphatic rings. The molecule has 5 rings (SSSR count). The van der Waals surface area contributed by atoms with Crippen molar-refractivity contribution in [3.8, 4) is 11.3 Å². The Morgan fingerprint density at radius 1 is 1.14 bits per heavy atom. The molecule has 2 aromatic carbocycles. The molecule has 188 valence electrons. The van der Waals surface area contributed by atoms with E-state index < -0.39 is 0 Å². The van der Waals surface area contributed by atoms with Crippen LogP contribution in [-0.2, 0) is 11.3 Å². The maximum Gasteiger partial charge on any atom is 0.252 e. The van der Waals surface area contributed by atoms with Gasteiger partial charge in [0.05, 0.1) is 23.3 Å². The number of rotatable bonds is 6. The predicted octanol–water partition coefficient (Wildman–Crippen LogP) is 4.03. The number of pyridine rings is 1. The molecule has 1 saturated heterocycles. The first-order chi connectivity index (χ1) is 17.5. The fraction of sp³-hybridized carbons (Fsp3) is 0.414. The van der Waals surface area contributed by atoms with Crippen molar-refractivity contribution in [2.75, 3.05) is 19.6 Å². The molecule has 2 amide bonds. The molecule has 0 radical (unpaired) electrons. The SMILES string of the molecule is C[C@H](NC(=O)c1c(CN2CCNC(=O)C2)c(-c2ccc(P)cc2)nc2ccccc12)C1CCCCC1. The van der Waals surface area contributed by atoms with E-state index in [2.05, 4.69) is 43.8 Å². The number of carbonyl (C=O) groups is 2. The molecule has 6 nitrogen and oxygen atoms in total. The van der Waals surface area contributed by atoms with Crippen molar-refractivity contribution in [2.24, 2.45) is 5.92 Å². The second kappa shape index (κ2) is 11.1. The second-order valence-electron chi connectivity index (χ2n) is 10.2. The minimum absolute atomic E-state index is 0.0147. The number of fused-ring (bicyclic) bond motifs is 1. The number of nitrogens with zero attached hydrogens (tertiary/aromatic N) is 2. The Balaban J connectivity index is 1.61. The van der Waals surface area contributed by atoms with Crippen molar-refractivity contribution in [1.29, 1.82) is 0 Å². The highest BCUT2D eigenvalue weighted by Gasteiger charge is 2.28. The summed E-state index contributed by atoms with van der Waals surface area (Å²) in [5, 5.41) is 8.21. The highest BCUT2D eigenvalue weighted by molar-refractivity contribution is 7.27. The average molecular weight is 503 g/mol. The topological polar surface area (TPSA) is 74.3 Å². The Morgan fingerprint density at radius 2 is 1.89 bits per heavy atom. The summed E-state index contributed by atoms with van der Waals surface area (Å²) in [6.07, 6.45) is 6.10. The average Bonchev–Trinajstić information content (AvgIpc) is 2.89. The number of hydrogen-bond donors (Lipinski definition) is 2. The standard InChI is InChI=1S/C29H35N4O2P/c1-19(20-7-3-2-4-8-20)31-29(35)27-23-9-5-6-10-25(23)32-28(21-11-13-22(36)14-12-21)24(27)17-33-16-15-30-26(34)18-33/h5-6,9-14,19-20H,2-4,7-8,15-18,36H2,1H3,(H,30,34)(H,31,35)/t19-/m0/s1. The minimum Gasteiger partial charge on any atom is -0.354 e. The van der Waals surface area contributed by atoms with E-state index in [1.54, 1.807) is 0 Å². The van der Waals surface area contributed by atoms with Gasteiger partial charge in [-0.15, -0.1) is 9.24 Å². The third-order valence-corrected chi connectivity index (χ3v) is 8.00. The highest BCUT2D eigenvalue weighted by atomic mass is 31.0. The third-order valence-electron chi connectivity index (χ3n) is 7.62. The van der Waals surface area contributed by atoms with Gasteiger partial charge >= 0.3 is 0 Å². The van der Waals surface area contributed by atoms with Crippen LogP contribution in [0, 0.1) is 5.92 Å². The molecule has 2 N–H and O–H groups in total. The van der Waals surface area contributed by atoms with Crippen molar-refractivity contribution < 1.29 is 9.59 Å². The maximum absolute atomic E-state index is 14.0. The molecule has 1 aromatic heterocycles. The summed E-state index contributed by atoms with van der Waals surface area (Å²) in [6, 6.07) is 16.2. The summed E-state index contributed by atoms with van der Waals surface area (Å²) >= 11 is 0. The molecule has 36 heavy (non-hydrogen) atoms. The van der Waals surface area contributed by atoms with Crippen LogP contribution in [0.1, 0.15) is 54.9 Å². The van der Waals surface area contributed by atoms with Crippen molar-refractivity contribution in [1.82, 2.24) is 20.5 Å². The van der Waals surface area contributed by atoms with E-state index in [1.807, 2.05) is 36.4 Å². The summed E-state index contributed by atoms with van der Waals surface area (Å²) in [7, 11) is 2.72. The molecule has 0 bridgehead atoms. The van der Waals surface area contributed by atoms with Crippen LogP contribution in [0.15, 0.2) is 48.5 Å². The molecule has 1 unspecified atom stereocenters. The summed E-state index contributed by atoms with van der Waals surface area (Å²) in [4.78, 5) is 33.4. The maximum atomic E-state index is 14.0. The van der Waals surface area contributed by atoms with E-state index in [0.717, 1.165) is 39.6 Å². The Labute approximate surface area is 215 Å². The van der Waals surface area contributed by atoms with Crippen molar-refractivity contribution >= 4 is 37.3 Å². The van der Waals surface area contributed by atoms with Gasteiger partial charge in [-0.05, 0) is 37.1 Å². The molecule has 2 fully saturated rings. The highest BCUT2D eigenvalue weighted by Crippen LogP contribution is 2.32. The van der Waals surface area contributed by atoms with Gasteiger partial charge in [-0.3, -0.25) is 14.5 Å². The van der Waals surface area contributed by atoms with Crippen molar-refractivity contribution in [3.63, 3.8) is 0 Å². The lowest BCUT2D eigenvalue weighted by molar-refractivity contribution is -0.124. The fourth-order valence-corrected chi connectivity index (χ4v) is 5.82. The van der Waals surface area contributed by atoms with Gasteiger partial charge < -0.3 is 10.6 Å². The van der Waals surface area contributed by atoms with Crippen LogP contribution < -0.4 is 15.9 Å². The predicted molar refractivity (Wildman–Crippen MR) is 148 cm³/mol. The van der Waals surface area contributed by atoms with Gasteiger partial charge in [-0.25, -0.2) is 4.98 Å². The largest absolute Gasteiger partial charge is 0.354 e. The molecule has 1 aliphatic heterocycles. The first kappa shape index (κ1) is 24.9. The fourth-order valence-electron chi connectivity index (χ4n) is 5.63. The molecular weight excluding hydrogens is 467 g/mol. The first-order valence-electron chi connectivity index (χ1n) is 13.1. The number of amides is 2.